The number of rotatable bonds is 8. The van der Waals surface area contributed by atoms with Gasteiger partial charge in [0.2, 0.25) is 5.95 Å². The van der Waals surface area contributed by atoms with Crippen LogP contribution in [0, 0.1) is 16.8 Å². The maximum absolute atomic E-state index is 13.9. The van der Waals surface area contributed by atoms with Crippen LogP contribution < -0.4 is 25.8 Å². The first kappa shape index (κ1) is 27.5. The lowest BCUT2D eigenvalue weighted by molar-refractivity contribution is 0.0434. The third-order valence-electron chi connectivity index (χ3n) is 6.91. The van der Waals surface area contributed by atoms with E-state index in [0.717, 1.165) is 38.2 Å². The Hall–Kier alpha value is -3.03. The van der Waals surface area contributed by atoms with Crippen LogP contribution in [0.4, 0.5) is 15.9 Å². The van der Waals surface area contributed by atoms with Gasteiger partial charge in [0.1, 0.15) is 10.8 Å². The molecule has 2 atom stereocenters. The van der Waals surface area contributed by atoms with E-state index in [9.17, 15) is 8.60 Å². The van der Waals surface area contributed by atoms with Crippen LogP contribution in [-0.2, 0) is 11.0 Å². The Kier molecular flexibility index (Phi) is 7.42. The topological polar surface area (TPSA) is 144 Å². The molecule has 1 spiro atoms. The Morgan fingerprint density at radius 2 is 1.90 bits per heavy atom. The van der Waals surface area contributed by atoms with Gasteiger partial charge in [0.05, 0.1) is 34.4 Å². The van der Waals surface area contributed by atoms with Crippen LogP contribution in [0.3, 0.4) is 0 Å². The van der Waals surface area contributed by atoms with Crippen LogP contribution in [0.2, 0.25) is 10.0 Å². The van der Waals surface area contributed by atoms with E-state index in [-0.39, 0.29) is 43.9 Å². The molecule has 1 aromatic carbocycles. The standard InChI is InChI=1S/C25H26Cl2FN7O3S/c1-37-17-6-16(29)14(5-18(17)38-24(31)20-15(26)8-33-23(28)21(20)27)22(30)13-3-4-19(32-7-13)34-9-25(10-34)11-35(12-25)39(2)36/h3-8,24,30H,9-12,29,31H2,1-2H3/t24-,39?/m0/s1. The van der Waals surface area contributed by atoms with Crippen molar-refractivity contribution < 1.29 is 18.1 Å². The van der Waals surface area contributed by atoms with Crippen molar-refractivity contribution in [1.82, 2.24) is 14.3 Å². The van der Waals surface area contributed by atoms with Gasteiger partial charge in [-0.1, -0.05) is 23.2 Å². The number of nitrogens with one attached hydrogen (secondary N) is 1. The Morgan fingerprint density at radius 1 is 1.18 bits per heavy atom. The summed E-state index contributed by atoms with van der Waals surface area (Å²) in [5, 5.41) is 8.46. The minimum absolute atomic E-state index is 0.0199. The number of hydrogen-bond acceptors (Lipinski definition) is 9. The second kappa shape index (κ2) is 10.5. The Morgan fingerprint density at radius 3 is 2.51 bits per heavy atom. The summed E-state index contributed by atoms with van der Waals surface area (Å²) in [5.74, 6) is 0.284. The van der Waals surface area contributed by atoms with Crippen molar-refractivity contribution in [2.24, 2.45) is 11.1 Å². The largest absolute Gasteiger partial charge is 0.493 e. The molecule has 14 heteroatoms. The first-order chi connectivity index (χ1) is 18.5. The molecule has 1 unspecified atom stereocenters. The van der Waals surface area contributed by atoms with Gasteiger partial charge in [-0.05, 0) is 18.2 Å². The number of anilines is 2. The Balaban J connectivity index is 1.33. The smallest absolute Gasteiger partial charge is 0.232 e. The normalized spacial score (nSPS) is 17.7. The summed E-state index contributed by atoms with van der Waals surface area (Å²) in [7, 11) is 0.496. The van der Waals surface area contributed by atoms with E-state index in [4.69, 9.17) is 49.6 Å². The molecule has 206 valence electrons. The average Bonchev–Trinajstić information content (AvgIpc) is 2.85. The van der Waals surface area contributed by atoms with Crippen LogP contribution >= 0.6 is 23.2 Å². The van der Waals surface area contributed by atoms with Gasteiger partial charge in [0.15, 0.2) is 17.7 Å². The van der Waals surface area contributed by atoms with Gasteiger partial charge in [-0.15, -0.1) is 0 Å². The van der Waals surface area contributed by atoms with Crippen LogP contribution in [0.25, 0.3) is 0 Å². The fourth-order valence-electron chi connectivity index (χ4n) is 4.84. The fourth-order valence-corrected chi connectivity index (χ4v) is 6.31. The number of nitrogens with zero attached hydrogens (tertiary/aromatic N) is 4. The van der Waals surface area contributed by atoms with E-state index in [1.54, 1.807) is 18.5 Å². The van der Waals surface area contributed by atoms with Crippen LogP contribution in [0.15, 0.2) is 36.7 Å². The van der Waals surface area contributed by atoms with Crippen molar-refractivity contribution in [2.45, 2.75) is 6.23 Å². The summed E-state index contributed by atoms with van der Waals surface area (Å²) in [5.41, 5.74) is 13.9. The van der Waals surface area contributed by atoms with Crippen LogP contribution in [0.5, 0.6) is 11.5 Å². The third-order valence-corrected chi connectivity index (χ3v) is 8.56. The molecule has 5 N–H and O–H groups in total. The lowest BCUT2D eigenvalue weighted by Gasteiger charge is -2.59. The summed E-state index contributed by atoms with van der Waals surface area (Å²) >= 11 is 12.2. The van der Waals surface area contributed by atoms with Crippen molar-refractivity contribution in [2.75, 3.05) is 50.2 Å². The molecule has 2 aliphatic heterocycles. The number of hydrogen-bond donors (Lipinski definition) is 3. The Bertz CT molecular complexity index is 1460. The predicted octanol–water partition coefficient (Wildman–Crippen LogP) is 3.38. The molecule has 0 amide bonds. The zero-order chi connectivity index (χ0) is 28.1. The van der Waals surface area contributed by atoms with Crippen molar-refractivity contribution in [3.63, 3.8) is 0 Å². The maximum atomic E-state index is 13.9. The average molecular weight is 595 g/mol. The zero-order valence-corrected chi connectivity index (χ0v) is 23.4. The molecular formula is C25H26Cl2FN7O3S. The summed E-state index contributed by atoms with van der Waals surface area (Å²) in [4.78, 5) is 10.2. The van der Waals surface area contributed by atoms with Gasteiger partial charge >= 0.3 is 0 Å². The monoisotopic (exact) mass is 593 g/mol. The van der Waals surface area contributed by atoms with Crippen molar-refractivity contribution >= 4 is 51.4 Å². The molecular weight excluding hydrogens is 568 g/mol. The van der Waals surface area contributed by atoms with Crippen molar-refractivity contribution in [3.8, 4) is 11.5 Å². The lowest BCUT2D eigenvalue weighted by Crippen LogP contribution is -2.72. The molecule has 0 aliphatic carbocycles. The molecule has 0 radical (unpaired) electrons. The molecule has 0 saturated carbocycles. The molecule has 39 heavy (non-hydrogen) atoms. The summed E-state index contributed by atoms with van der Waals surface area (Å²) in [6.07, 6.45) is 3.15. The number of nitrogen functional groups attached to an aromatic ring is 1. The second-order valence-corrected chi connectivity index (χ2v) is 11.8. The third kappa shape index (κ3) is 5.14. The molecule has 10 nitrogen and oxygen atoms in total. The van der Waals surface area contributed by atoms with Crippen molar-refractivity contribution in [3.05, 3.63) is 69.3 Å². The van der Waals surface area contributed by atoms with Gasteiger partial charge in [0, 0.05) is 73.1 Å². The van der Waals surface area contributed by atoms with Gasteiger partial charge in [-0.3, -0.25) is 11.1 Å². The summed E-state index contributed by atoms with van der Waals surface area (Å²) in [6, 6.07) is 6.69. The number of ether oxygens (including phenoxy) is 2. The number of halogens is 3. The lowest BCUT2D eigenvalue weighted by atomic mass is 9.74. The van der Waals surface area contributed by atoms with Crippen molar-refractivity contribution in [1.29, 1.82) is 5.41 Å². The second-order valence-electron chi connectivity index (χ2n) is 9.61. The number of benzene rings is 1. The molecule has 4 heterocycles. The van der Waals surface area contributed by atoms with E-state index in [1.165, 1.54) is 19.2 Å². The number of pyridine rings is 2. The minimum atomic E-state index is -1.26. The zero-order valence-electron chi connectivity index (χ0n) is 21.1. The van der Waals surface area contributed by atoms with E-state index >= 15 is 0 Å². The highest BCUT2D eigenvalue weighted by Gasteiger charge is 2.53. The summed E-state index contributed by atoms with van der Waals surface area (Å²) < 4.78 is 38.7. The van der Waals surface area contributed by atoms with Crippen LogP contribution in [-0.4, -0.2) is 63.7 Å². The first-order valence-electron chi connectivity index (χ1n) is 11.8. The summed E-state index contributed by atoms with van der Waals surface area (Å²) in [6.45, 7) is 3.36. The highest BCUT2D eigenvalue weighted by molar-refractivity contribution is 7.81. The molecule has 3 aromatic rings. The quantitative estimate of drug-likeness (QED) is 0.156. The molecule has 2 saturated heterocycles. The van der Waals surface area contributed by atoms with Gasteiger partial charge < -0.3 is 20.1 Å². The minimum Gasteiger partial charge on any atom is -0.493 e. The molecule has 2 fully saturated rings. The number of aromatic nitrogens is 2. The maximum Gasteiger partial charge on any atom is 0.232 e. The molecule has 2 aromatic heterocycles. The van der Waals surface area contributed by atoms with Crippen LogP contribution in [0.1, 0.15) is 22.9 Å². The Labute approximate surface area is 237 Å². The SMILES string of the molecule is COc1cc(N)c(C(=N)c2ccc(N3CC4(C3)CN(S(C)=O)C4)nc2)cc1O[C@H](N)c1c(Cl)cnc(F)c1Cl. The van der Waals surface area contributed by atoms with E-state index in [0.29, 0.717) is 11.1 Å². The van der Waals surface area contributed by atoms with Gasteiger partial charge in [-0.25, -0.2) is 18.5 Å². The number of nitrogens with two attached hydrogens (primary N) is 2. The molecule has 0 bridgehead atoms. The van der Waals surface area contributed by atoms with Gasteiger partial charge in [0.25, 0.3) is 0 Å². The first-order valence-corrected chi connectivity index (χ1v) is 14.1. The molecule has 5 rings (SSSR count). The van der Waals surface area contributed by atoms with E-state index in [2.05, 4.69) is 14.9 Å². The van der Waals surface area contributed by atoms with Gasteiger partial charge in [-0.2, -0.15) is 4.39 Å². The number of methoxy groups -OCH3 is 1. The highest BCUT2D eigenvalue weighted by atomic mass is 35.5. The molecule has 2 aliphatic rings. The van der Waals surface area contributed by atoms with E-state index < -0.39 is 23.2 Å². The van der Waals surface area contributed by atoms with E-state index in [1.807, 2.05) is 10.4 Å². The predicted molar refractivity (Wildman–Crippen MR) is 150 cm³/mol. The fraction of sp³-hybridized carbons (Fsp3) is 0.320. The highest BCUT2D eigenvalue weighted by Crippen LogP contribution is 2.42.